The average Bonchev–Trinajstić information content (AvgIpc) is 3.09. The van der Waals surface area contributed by atoms with E-state index in [0.29, 0.717) is 28.6 Å². The third kappa shape index (κ3) is 4.29. The van der Waals surface area contributed by atoms with Crippen LogP contribution in [0, 0.1) is 5.92 Å². The summed E-state index contributed by atoms with van der Waals surface area (Å²) in [5.74, 6) is 0.185. The number of halogens is 1. The van der Waals surface area contributed by atoms with Crippen LogP contribution >= 0.6 is 11.6 Å². The van der Waals surface area contributed by atoms with E-state index in [4.69, 9.17) is 11.6 Å². The molecule has 3 unspecified atom stereocenters. The van der Waals surface area contributed by atoms with E-state index in [1.54, 1.807) is 18.2 Å². The molecule has 1 aliphatic heterocycles. The van der Waals surface area contributed by atoms with Crippen molar-refractivity contribution in [3.05, 3.63) is 40.9 Å². The van der Waals surface area contributed by atoms with Crippen LogP contribution in [0.1, 0.15) is 62.7 Å². The summed E-state index contributed by atoms with van der Waals surface area (Å²) in [6.07, 6.45) is 9.87. The molecule has 0 spiro atoms. The van der Waals surface area contributed by atoms with E-state index in [9.17, 15) is 9.59 Å². The Hall–Kier alpha value is -1.81. The maximum absolute atomic E-state index is 13.2. The van der Waals surface area contributed by atoms with Crippen LogP contribution < -0.4 is 5.32 Å². The van der Waals surface area contributed by atoms with Gasteiger partial charge in [-0.1, -0.05) is 23.8 Å². The van der Waals surface area contributed by atoms with Gasteiger partial charge in [0.15, 0.2) is 0 Å². The Morgan fingerprint density at radius 2 is 1.92 bits per heavy atom. The summed E-state index contributed by atoms with van der Waals surface area (Å²) in [6, 6.07) is 5.50. The molecule has 140 valence electrons. The molecule has 3 atom stereocenters. The summed E-state index contributed by atoms with van der Waals surface area (Å²) < 4.78 is 0. The Kier molecular flexibility index (Phi) is 6.02. The average molecular weight is 375 g/mol. The van der Waals surface area contributed by atoms with Crippen LogP contribution in [-0.2, 0) is 4.79 Å². The number of hydrogen-bond donors (Lipinski definition) is 1. The third-order valence-corrected chi connectivity index (χ3v) is 5.71. The van der Waals surface area contributed by atoms with Crippen molar-refractivity contribution in [2.75, 3.05) is 5.32 Å². The number of likely N-dealkylation sites (tertiary alicyclic amines) is 1. The van der Waals surface area contributed by atoms with Crippen LogP contribution in [0.5, 0.6) is 0 Å². The fourth-order valence-electron chi connectivity index (χ4n) is 4.07. The molecule has 0 radical (unpaired) electrons. The number of allylic oxidation sites excluding steroid dienone is 2. The maximum atomic E-state index is 13.2. The van der Waals surface area contributed by atoms with Crippen molar-refractivity contribution >= 4 is 29.1 Å². The van der Waals surface area contributed by atoms with Gasteiger partial charge in [0, 0.05) is 23.5 Å². The Bertz CT molecular complexity index is 706. The highest BCUT2D eigenvalue weighted by molar-refractivity contribution is 6.31. The molecule has 1 heterocycles. The van der Waals surface area contributed by atoms with Crippen molar-refractivity contribution in [1.29, 1.82) is 0 Å². The number of amides is 2. The molecule has 1 aromatic carbocycles. The zero-order valence-corrected chi connectivity index (χ0v) is 16.3. The summed E-state index contributed by atoms with van der Waals surface area (Å²) in [4.78, 5) is 27.6. The zero-order chi connectivity index (χ0) is 18.7. The number of anilines is 1. The van der Waals surface area contributed by atoms with Gasteiger partial charge in [0.05, 0.1) is 11.3 Å². The van der Waals surface area contributed by atoms with Gasteiger partial charge >= 0.3 is 0 Å². The predicted molar refractivity (Wildman–Crippen MR) is 106 cm³/mol. The lowest BCUT2D eigenvalue weighted by Crippen LogP contribution is -2.47. The van der Waals surface area contributed by atoms with Crippen molar-refractivity contribution in [3.8, 4) is 0 Å². The predicted octanol–water partition coefficient (Wildman–Crippen LogP) is 5.04. The van der Waals surface area contributed by atoms with Gasteiger partial charge in [0.1, 0.15) is 0 Å². The molecular formula is C21H27ClN2O2. The number of carbonyl (C=O) groups excluding carboxylic acids is 2. The molecule has 4 nitrogen and oxygen atoms in total. The summed E-state index contributed by atoms with van der Waals surface area (Å²) in [6.45, 7) is 4.17. The second kappa shape index (κ2) is 8.26. The first-order valence-electron chi connectivity index (χ1n) is 9.54. The van der Waals surface area contributed by atoms with Crippen LogP contribution in [0.15, 0.2) is 30.4 Å². The van der Waals surface area contributed by atoms with Crippen molar-refractivity contribution in [2.24, 2.45) is 5.92 Å². The van der Waals surface area contributed by atoms with E-state index in [1.807, 2.05) is 4.90 Å². The molecule has 0 bridgehead atoms. The highest BCUT2D eigenvalue weighted by atomic mass is 35.5. The molecule has 2 aliphatic rings. The number of rotatable bonds is 4. The minimum Gasteiger partial charge on any atom is -0.333 e. The lowest BCUT2D eigenvalue weighted by molar-refractivity contribution is -0.116. The van der Waals surface area contributed by atoms with Gasteiger partial charge in [-0.05, 0) is 70.1 Å². The number of nitrogens with zero attached hydrogens (tertiary/aromatic N) is 1. The SMILES string of the molecule is CC1CCCC(C)N1C(=O)c1cc(Cl)ccc1NC(=O)CC1C=CCC1. The van der Waals surface area contributed by atoms with Gasteiger partial charge < -0.3 is 10.2 Å². The van der Waals surface area contributed by atoms with E-state index in [0.717, 1.165) is 32.1 Å². The molecule has 1 aliphatic carbocycles. The molecule has 2 amide bonds. The molecule has 26 heavy (non-hydrogen) atoms. The summed E-state index contributed by atoms with van der Waals surface area (Å²) in [5, 5.41) is 3.44. The summed E-state index contributed by atoms with van der Waals surface area (Å²) in [7, 11) is 0. The third-order valence-electron chi connectivity index (χ3n) is 5.47. The first-order chi connectivity index (χ1) is 12.5. The molecule has 1 aromatic rings. The molecule has 1 N–H and O–H groups in total. The lowest BCUT2D eigenvalue weighted by atomic mass is 9.96. The number of benzene rings is 1. The first kappa shape index (κ1) is 19.0. The molecule has 5 heteroatoms. The van der Waals surface area contributed by atoms with Crippen LogP contribution in [0.25, 0.3) is 0 Å². The van der Waals surface area contributed by atoms with Crippen molar-refractivity contribution in [1.82, 2.24) is 4.90 Å². The van der Waals surface area contributed by atoms with E-state index in [2.05, 4.69) is 31.3 Å². The minimum absolute atomic E-state index is 0.0525. The molecule has 1 saturated heterocycles. The van der Waals surface area contributed by atoms with E-state index >= 15 is 0 Å². The number of piperidine rings is 1. The standard InChI is InChI=1S/C21H27ClN2O2/c1-14-6-5-7-15(2)24(14)21(26)18-13-17(22)10-11-19(18)23-20(25)12-16-8-3-4-9-16/h3,8,10-11,13-16H,4-7,9,12H2,1-2H3,(H,23,25). The zero-order valence-electron chi connectivity index (χ0n) is 15.5. The summed E-state index contributed by atoms with van der Waals surface area (Å²) >= 11 is 6.15. The highest BCUT2D eigenvalue weighted by Gasteiger charge is 2.31. The van der Waals surface area contributed by atoms with Crippen molar-refractivity contribution in [2.45, 2.75) is 64.5 Å². The maximum Gasteiger partial charge on any atom is 0.256 e. The highest BCUT2D eigenvalue weighted by Crippen LogP contribution is 2.29. The minimum atomic E-state index is -0.0577. The van der Waals surface area contributed by atoms with Crippen LogP contribution in [0.4, 0.5) is 5.69 Å². The topological polar surface area (TPSA) is 49.4 Å². The Morgan fingerprint density at radius 3 is 2.58 bits per heavy atom. The fraction of sp³-hybridized carbons (Fsp3) is 0.524. The fourth-order valence-corrected chi connectivity index (χ4v) is 4.24. The second-order valence-electron chi connectivity index (χ2n) is 7.55. The van der Waals surface area contributed by atoms with E-state index < -0.39 is 0 Å². The molecule has 0 aromatic heterocycles. The van der Waals surface area contributed by atoms with Crippen molar-refractivity contribution in [3.63, 3.8) is 0 Å². The van der Waals surface area contributed by atoms with Crippen LogP contribution in [0.3, 0.4) is 0 Å². The Morgan fingerprint density at radius 1 is 1.19 bits per heavy atom. The molecule has 1 fully saturated rings. The smallest absolute Gasteiger partial charge is 0.256 e. The van der Waals surface area contributed by atoms with Gasteiger partial charge in [0.2, 0.25) is 5.91 Å². The van der Waals surface area contributed by atoms with E-state index in [-0.39, 0.29) is 23.9 Å². The largest absolute Gasteiger partial charge is 0.333 e. The monoisotopic (exact) mass is 374 g/mol. The normalized spacial score (nSPS) is 25.3. The van der Waals surface area contributed by atoms with Gasteiger partial charge in [-0.3, -0.25) is 9.59 Å². The Labute approximate surface area is 160 Å². The quantitative estimate of drug-likeness (QED) is 0.750. The second-order valence-corrected chi connectivity index (χ2v) is 7.99. The lowest BCUT2D eigenvalue weighted by Gasteiger charge is -2.39. The summed E-state index contributed by atoms with van der Waals surface area (Å²) in [5.41, 5.74) is 1.03. The number of carbonyl (C=O) groups is 2. The first-order valence-corrected chi connectivity index (χ1v) is 9.92. The van der Waals surface area contributed by atoms with Crippen LogP contribution in [-0.4, -0.2) is 28.8 Å². The number of nitrogens with one attached hydrogen (secondary N) is 1. The Balaban J connectivity index is 1.79. The van der Waals surface area contributed by atoms with Crippen molar-refractivity contribution < 1.29 is 9.59 Å². The van der Waals surface area contributed by atoms with Crippen LogP contribution in [0.2, 0.25) is 5.02 Å². The van der Waals surface area contributed by atoms with Gasteiger partial charge in [-0.15, -0.1) is 0 Å². The van der Waals surface area contributed by atoms with Gasteiger partial charge in [-0.2, -0.15) is 0 Å². The number of hydrogen-bond acceptors (Lipinski definition) is 2. The molecule has 3 rings (SSSR count). The van der Waals surface area contributed by atoms with E-state index in [1.165, 1.54) is 0 Å². The molecule has 0 saturated carbocycles. The van der Waals surface area contributed by atoms with Gasteiger partial charge in [-0.25, -0.2) is 0 Å². The molecular weight excluding hydrogens is 348 g/mol. The van der Waals surface area contributed by atoms with Gasteiger partial charge in [0.25, 0.3) is 5.91 Å².